The third-order valence-electron chi connectivity index (χ3n) is 3.12. The van der Waals surface area contributed by atoms with Gasteiger partial charge >= 0.3 is 0 Å². The summed E-state index contributed by atoms with van der Waals surface area (Å²) in [5.41, 5.74) is 12.0. The monoisotopic (exact) mass is 220 g/mol. The van der Waals surface area contributed by atoms with Gasteiger partial charge in [-0.1, -0.05) is 19.3 Å². The van der Waals surface area contributed by atoms with Crippen molar-refractivity contribution >= 4 is 17.3 Å². The van der Waals surface area contributed by atoms with Crippen LogP contribution in [-0.4, -0.2) is 18.1 Å². The molecule has 0 unspecified atom stereocenters. The number of nitrogens with zero attached hydrogens (tertiary/aromatic N) is 2. The topological polar surface area (TPSA) is 68.2 Å². The second kappa shape index (κ2) is 5.05. The summed E-state index contributed by atoms with van der Waals surface area (Å²) < 4.78 is 0. The quantitative estimate of drug-likeness (QED) is 0.759. The lowest BCUT2D eigenvalue weighted by Crippen LogP contribution is -2.28. The highest BCUT2D eigenvalue weighted by Crippen LogP contribution is 2.21. The first-order chi connectivity index (χ1) is 7.77. The lowest BCUT2D eigenvalue weighted by molar-refractivity contribution is 0.554. The lowest BCUT2D eigenvalue weighted by atomic mass is 10.1. The van der Waals surface area contributed by atoms with Crippen molar-refractivity contribution in [1.82, 2.24) is 4.98 Å². The Hall–Kier alpha value is -1.45. The Morgan fingerprint density at radius 2 is 1.56 bits per heavy atom. The first-order valence-corrected chi connectivity index (χ1v) is 6.04. The average Bonchev–Trinajstić information content (AvgIpc) is 2.22. The van der Waals surface area contributed by atoms with Gasteiger partial charge in [0.2, 0.25) is 0 Å². The molecule has 1 fully saturated rings. The fourth-order valence-corrected chi connectivity index (χ4v) is 2.13. The number of pyridine rings is 1. The number of nitrogen functional groups attached to an aromatic ring is 2. The molecule has 1 aromatic heterocycles. The van der Waals surface area contributed by atoms with Gasteiger partial charge in [0.25, 0.3) is 0 Å². The number of nitrogens with two attached hydrogens (primary N) is 2. The molecular formula is C12H20N4. The van der Waals surface area contributed by atoms with Crippen LogP contribution >= 0.6 is 0 Å². The van der Waals surface area contributed by atoms with Crippen molar-refractivity contribution in [2.45, 2.75) is 32.1 Å². The molecule has 2 heterocycles. The lowest BCUT2D eigenvalue weighted by Gasteiger charge is -2.26. The molecule has 4 heteroatoms. The van der Waals surface area contributed by atoms with E-state index < -0.39 is 0 Å². The van der Waals surface area contributed by atoms with Crippen LogP contribution in [0.25, 0.3) is 0 Å². The zero-order valence-corrected chi connectivity index (χ0v) is 9.65. The molecule has 0 aromatic carbocycles. The molecule has 0 saturated carbocycles. The second-order valence-corrected chi connectivity index (χ2v) is 4.40. The van der Waals surface area contributed by atoms with E-state index >= 15 is 0 Å². The van der Waals surface area contributed by atoms with Gasteiger partial charge in [0.05, 0.1) is 5.69 Å². The van der Waals surface area contributed by atoms with Gasteiger partial charge in [0.15, 0.2) is 0 Å². The molecule has 4 nitrogen and oxygen atoms in total. The highest BCUT2D eigenvalue weighted by Gasteiger charge is 2.10. The molecule has 4 N–H and O–H groups in total. The maximum atomic E-state index is 5.73. The van der Waals surface area contributed by atoms with Crippen molar-refractivity contribution in [2.75, 3.05) is 29.5 Å². The molecule has 1 aliphatic rings. The maximum Gasteiger partial charge on any atom is 0.149 e. The van der Waals surface area contributed by atoms with Gasteiger partial charge in [-0.15, -0.1) is 0 Å². The van der Waals surface area contributed by atoms with Gasteiger partial charge in [-0.3, -0.25) is 0 Å². The van der Waals surface area contributed by atoms with Crippen LogP contribution in [0.5, 0.6) is 0 Å². The van der Waals surface area contributed by atoms with Crippen molar-refractivity contribution < 1.29 is 0 Å². The Morgan fingerprint density at radius 1 is 0.938 bits per heavy atom. The summed E-state index contributed by atoms with van der Waals surface area (Å²) >= 11 is 0. The molecule has 1 aliphatic heterocycles. The number of hydrogen-bond donors (Lipinski definition) is 2. The van der Waals surface area contributed by atoms with E-state index in [-0.39, 0.29) is 0 Å². The Balaban J connectivity index is 2.11. The van der Waals surface area contributed by atoms with Gasteiger partial charge in [-0.05, 0) is 25.0 Å². The summed E-state index contributed by atoms with van der Waals surface area (Å²) in [4.78, 5) is 6.66. The standard InChI is InChI=1S/C12H20N4/c13-10-6-7-11(15-12(10)14)16-8-4-2-1-3-5-9-16/h6-7H,1-5,8-9,13H2,(H2,14,15). The van der Waals surface area contributed by atoms with Crippen molar-refractivity contribution in [3.05, 3.63) is 12.1 Å². The zero-order valence-electron chi connectivity index (χ0n) is 9.65. The predicted molar refractivity (Wildman–Crippen MR) is 68.4 cm³/mol. The molecule has 0 bridgehead atoms. The summed E-state index contributed by atoms with van der Waals surface area (Å²) in [7, 11) is 0. The molecule has 0 radical (unpaired) electrons. The molecular weight excluding hydrogens is 200 g/mol. The van der Waals surface area contributed by atoms with Crippen LogP contribution in [-0.2, 0) is 0 Å². The van der Waals surface area contributed by atoms with Crippen LogP contribution in [0.4, 0.5) is 17.3 Å². The van der Waals surface area contributed by atoms with Crippen LogP contribution in [0.15, 0.2) is 12.1 Å². The number of rotatable bonds is 1. The maximum absolute atomic E-state index is 5.73. The van der Waals surface area contributed by atoms with E-state index in [2.05, 4.69) is 9.88 Å². The SMILES string of the molecule is Nc1ccc(N2CCCCCCC2)nc1N. The first kappa shape index (κ1) is 11.0. The fraction of sp³-hybridized carbons (Fsp3) is 0.583. The first-order valence-electron chi connectivity index (χ1n) is 6.04. The molecule has 0 atom stereocenters. The van der Waals surface area contributed by atoms with E-state index in [9.17, 15) is 0 Å². The minimum absolute atomic E-state index is 0.444. The minimum Gasteiger partial charge on any atom is -0.396 e. The number of aromatic nitrogens is 1. The van der Waals surface area contributed by atoms with Gasteiger partial charge in [0, 0.05) is 13.1 Å². The summed E-state index contributed by atoms with van der Waals surface area (Å²) in [6, 6.07) is 3.81. The van der Waals surface area contributed by atoms with Crippen molar-refractivity contribution in [1.29, 1.82) is 0 Å². The highest BCUT2D eigenvalue weighted by molar-refractivity contribution is 5.62. The molecule has 88 valence electrons. The largest absolute Gasteiger partial charge is 0.396 e. The van der Waals surface area contributed by atoms with Gasteiger partial charge < -0.3 is 16.4 Å². The van der Waals surface area contributed by atoms with E-state index in [1.54, 1.807) is 0 Å². The highest BCUT2D eigenvalue weighted by atomic mass is 15.2. The minimum atomic E-state index is 0.444. The van der Waals surface area contributed by atoms with Crippen molar-refractivity contribution in [2.24, 2.45) is 0 Å². The molecule has 1 aromatic rings. The average molecular weight is 220 g/mol. The van der Waals surface area contributed by atoms with E-state index in [4.69, 9.17) is 11.5 Å². The smallest absolute Gasteiger partial charge is 0.149 e. The third kappa shape index (κ3) is 2.56. The molecule has 16 heavy (non-hydrogen) atoms. The fourth-order valence-electron chi connectivity index (χ4n) is 2.13. The number of anilines is 3. The third-order valence-corrected chi connectivity index (χ3v) is 3.12. The molecule has 0 aliphatic carbocycles. The van der Waals surface area contributed by atoms with Gasteiger partial charge in [-0.25, -0.2) is 4.98 Å². The van der Waals surface area contributed by atoms with Gasteiger partial charge in [0.1, 0.15) is 11.6 Å². The van der Waals surface area contributed by atoms with E-state index in [1.807, 2.05) is 12.1 Å². The van der Waals surface area contributed by atoms with Crippen LogP contribution in [0.3, 0.4) is 0 Å². The number of hydrogen-bond acceptors (Lipinski definition) is 4. The van der Waals surface area contributed by atoms with Crippen LogP contribution < -0.4 is 16.4 Å². The molecule has 2 rings (SSSR count). The van der Waals surface area contributed by atoms with Crippen LogP contribution in [0.2, 0.25) is 0 Å². The van der Waals surface area contributed by atoms with Crippen LogP contribution in [0, 0.1) is 0 Å². The molecule has 0 spiro atoms. The Kier molecular flexibility index (Phi) is 3.49. The summed E-state index contributed by atoms with van der Waals surface area (Å²) in [5, 5.41) is 0. The van der Waals surface area contributed by atoms with Crippen molar-refractivity contribution in [3.63, 3.8) is 0 Å². The Labute approximate surface area is 96.6 Å². The predicted octanol–water partition coefficient (Wildman–Crippen LogP) is 2.02. The van der Waals surface area contributed by atoms with Crippen molar-refractivity contribution in [3.8, 4) is 0 Å². The van der Waals surface area contributed by atoms with E-state index in [0.29, 0.717) is 11.5 Å². The summed E-state index contributed by atoms with van der Waals surface area (Å²) in [6.45, 7) is 2.16. The molecule has 0 amide bonds. The van der Waals surface area contributed by atoms with E-state index in [0.717, 1.165) is 18.9 Å². The van der Waals surface area contributed by atoms with E-state index in [1.165, 1.54) is 32.1 Å². The molecule has 1 saturated heterocycles. The zero-order chi connectivity index (χ0) is 11.4. The summed E-state index contributed by atoms with van der Waals surface area (Å²) in [5.74, 6) is 1.41. The Morgan fingerprint density at radius 3 is 2.19 bits per heavy atom. The van der Waals surface area contributed by atoms with Gasteiger partial charge in [-0.2, -0.15) is 0 Å². The second-order valence-electron chi connectivity index (χ2n) is 4.40. The Bertz CT molecular complexity index is 343. The normalized spacial score (nSPS) is 17.9. The summed E-state index contributed by atoms with van der Waals surface area (Å²) in [6.07, 6.45) is 6.49. The van der Waals surface area contributed by atoms with Crippen LogP contribution in [0.1, 0.15) is 32.1 Å².